The SMILES string of the molecule is C=C(C)CCCN.C=CC(C)/C(=C/C=C(\C)c1ccccc1C#N)C(=C)CCCC1=CCCCC1.CC.CCCC(C)CC. The molecule has 0 saturated carbocycles. The topological polar surface area (TPSA) is 49.8 Å². The first-order chi connectivity index (χ1) is 21.1. The van der Waals surface area contributed by atoms with Crippen LogP contribution in [0, 0.1) is 23.2 Å². The zero-order valence-electron chi connectivity index (χ0n) is 30.1. The molecule has 0 radical (unpaired) electrons. The molecule has 1 aromatic rings. The third kappa shape index (κ3) is 20.9. The standard InChI is InChI=1S/C27H33N.C7H16.C6H13N.C2H6/c1-5-21(2)26(22(3)12-11-15-24-13-7-6-8-14-24)19-18-23(4)27-17-10-9-16-25(27)20-28;1-4-6-7(3)5-2;1-6(2)4-3-5-7;1-2/h5,9-10,13,16-19,21H,1,3,6-8,11-12,14-15H2,2,4H3;7H,4-6H2,1-3H3;1,3-5,7H2,2H3;1-2H3/b23-18+,26-19-;;;. The summed E-state index contributed by atoms with van der Waals surface area (Å²) in [7, 11) is 0. The second kappa shape index (κ2) is 28.9. The fourth-order valence-electron chi connectivity index (χ4n) is 4.85. The van der Waals surface area contributed by atoms with Crippen LogP contribution in [0.25, 0.3) is 5.57 Å². The summed E-state index contributed by atoms with van der Waals surface area (Å²) in [6.07, 6.45) is 23.5. The quantitative estimate of drug-likeness (QED) is 0.161. The summed E-state index contributed by atoms with van der Waals surface area (Å²) >= 11 is 0. The highest BCUT2D eigenvalue weighted by Crippen LogP contribution is 2.28. The van der Waals surface area contributed by atoms with Gasteiger partial charge in [0.2, 0.25) is 0 Å². The van der Waals surface area contributed by atoms with Crippen LogP contribution in [0.1, 0.15) is 144 Å². The minimum absolute atomic E-state index is 0.261. The Morgan fingerprint density at radius 1 is 1.02 bits per heavy atom. The van der Waals surface area contributed by atoms with Crippen molar-refractivity contribution in [3.8, 4) is 6.07 Å². The van der Waals surface area contributed by atoms with E-state index in [1.165, 1.54) is 68.1 Å². The predicted octanol–water partition coefficient (Wildman–Crippen LogP) is 13.1. The lowest BCUT2D eigenvalue weighted by Crippen LogP contribution is -2.00. The lowest BCUT2D eigenvalue weighted by Gasteiger charge is -2.17. The Kier molecular flexibility index (Phi) is 28.4. The highest BCUT2D eigenvalue weighted by molar-refractivity contribution is 5.70. The molecule has 2 rings (SSSR count). The maximum absolute atomic E-state index is 9.34. The number of hydrogen-bond donors (Lipinski definition) is 1. The third-order valence-electron chi connectivity index (χ3n) is 7.89. The van der Waals surface area contributed by atoms with Crippen LogP contribution in [0.15, 0.2) is 90.6 Å². The first kappa shape index (κ1) is 43.2. The maximum Gasteiger partial charge on any atom is 0.0998 e. The van der Waals surface area contributed by atoms with Gasteiger partial charge in [-0.15, -0.1) is 13.2 Å². The van der Waals surface area contributed by atoms with E-state index in [9.17, 15) is 5.26 Å². The lowest BCUT2D eigenvalue weighted by molar-refractivity contribution is 0.509. The van der Waals surface area contributed by atoms with E-state index in [-0.39, 0.29) is 5.92 Å². The van der Waals surface area contributed by atoms with Crippen LogP contribution in [-0.2, 0) is 0 Å². The number of nitrogens with two attached hydrogens (primary N) is 1. The average molecular weight is 601 g/mol. The molecule has 0 fully saturated rings. The molecule has 0 aliphatic heterocycles. The van der Waals surface area contributed by atoms with Crippen molar-refractivity contribution in [3.63, 3.8) is 0 Å². The van der Waals surface area contributed by atoms with Crippen molar-refractivity contribution < 1.29 is 0 Å². The Morgan fingerprint density at radius 3 is 2.18 bits per heavy atom. The molecule has 2 atom stereocenters. The van der Waals surface area contributed by atoms with Gasteiger partial charge in [-0.1, -0.05) is 127 Å². The Hall–Kier alpha value is -2.89. The van der Waals surface area contributed by atoms with E-state index in [4.69, 9.17) is 5.73 Å². The van der Waals surface area contributed by atoms with Gasteiger partial charge in [-0.2, -0.15) is 5.26 Å². The second-order valence-corrected chi connectivity index (χ2v) is 11.9. The van der Waals surface area contributed by atoms with Crippen LogP contribution in [0.3, 0.4) is 0 Å². The highest BCUT2D eigenvalue weighted by Gasteiger charge is 2.10. The van der Waals surface area contributed by atoms with Crippen molar-refractivity contribution in [2.45, 2.75) is 132 Å². The number of rotatable bonds is 15. The van der Waals surface area contributed by atoms with E-state index in [1.807, 2.05) is 51.1 Å². The van der Waals surface area contributed by atoms with Crippen molar-refractivity contribution in [2.24, 2.45) is 17.6 Å². The van der Waals surface area contributed by atoms with Gasteiger partial charge in [0, 0.05) is 0 Å². The van der Waals surface area contributed by atoms with Crippen molar-refractivity contribution in [3.05, 3.63) is 102 Å². The number of hydrogen-bond acceptors (Lipinski definition) is 2. The van der Waals surface area contributed by atoms with E-state index < -0.39 is 0 Å². The molecule has 0 heterocycles. The minimum Gasteiger partial charge on any atom is -0.330 e. The summed E-state index contributed by atoms with van der Waals surface area (Å²) in [6, 6.07) is 10.0. The molecule has 1 aliphatic carbocycles. The highest BCUT2D eigenvalue weighted by atomic mass is 14.5. The van der Waals surface area contributed by atoms with E-state index >= 15 is 0 Å². The van der Waals surface area contributed by atoms with Crippen LogP contribution in [0.5, 0.6) is 0 Å². The van der Waals surface area contributed by atoms with Crippen LogP contribution < -0.4 is 5.73 Å². The molecule has 2 N–H and O–H groups in total. The average Bonchev–Trinajstić information content (AvgIpc) is 3.05. The molecular weight excluding hydrogens is 532 g/mol. The van der Waals surface area contributed by atoms with Crippen LogP contribution in [-0.4, -0.2) is 6.54 Å². The van der Waals surface area contributed by atoms with Crippen LogP contribution in [0.2, 0.25) is 0 Å². The van der Waals surface area contributed by atoms with E-state index in [0.717, 1.165) is 49.3 Å². The zero-order valence-corrected chi connectivity index (χ0v) is 30.1. The third-order valence-corrected chi connectivity index (χ3v) is 7.89. The molecule has 2 nitrogen and oxygen atoms in total. The van der Waals surface area contributed by atoms with Gasteiger partial charge < -0.3 is 5.73 Å². The molecule has 0 saturated heterocycles. The van der Waals surface area contributed by atoms with Gasteiger partial charge in [0.25, 0.3) is 0 Å². The molecule has 44 heavy (non-hydrogen) atoms. The number of nitrogens with zero attached hydrogens (tertiary/aromatic N) is 1. The fourth-order valence-corrected chi connectivity index (χ4v) is 4.85. The Balaban J connectivity index is 0. The van der Waals surface area contributed by atoms with Crippen LogP contribution in [0.4, 0.5) is 0 Å². The van der Waals surface area contributed by atoms with Gasteiger partial charge >= 0.3 is 0 Å². The second-order valence-electron chi connectivity index (χ2n) is 11.9. The molecule has 2 heteroatoms. The van der Waals surface area contributed by atoms with Gasteiger partial charge in [-0.05, 0) is 113 Å². The minimum atomic E-state index is 0.261. The van der Waals surface area contributed by atoms with Gasteiger partial charge in [-0.25, -0.2) is 0 Å². The summed E-state index contributed by atoms with van der Waals surface area (Å²) in [6.45, 7) is 29.9. The normalized spacial score (nSPS) is 14.0. The van der Waals surface area contributed by atoms with Crippen molar-refractivity contribution >= 4 is 5.57 Å². The van der Waals surface area contributed by atoms with Gasteiger partial charge in [0.15, 0.2) is 0 Å². The molecular formula is C42H68N2. The Bertz CT molecular complexity index is 1060. The van der Waals surface area contributed by atoms with Crippen molar-refractivity contribution in [1.29, 1.82) is 5.26 Å². The summed E-state index contributed by atoms with van der Waals surface area (Å²) in [4.78, 5) is 0. The van der Waals surface area contributed by atoms with E-state index in [0.29, 0.717) is 5.56 Å². The lowest BCUT2D eigenvalue weighted by atomic mass is 9.89. The first-order valence-electron chi connectivity index (χ1n) is 17.4. The summed E-state index contributed by atoms with van der Waals surface area (Å²) in [5.74, 6) is 1.21. The van der Waals surface area contributed by atoms with Crippen LogP contribution >= 0.6 is 0 Å². The predicted molar refractivity (Wildman–Crippen MR) is 201 cm³/mol. The molecule has 0 amide bonds. The van der Waals surface area contributed by atoms with E-state index in [1.54, 1.807) is 5.57 Å². The van der Waals surface area contributed by atoms with E-state index in [2.05, 4.69) is 78.7 Å². The smallest absolute Gasteiger partial charge is 0.0998 e. The summed E-state index contributed by atoms with van der Waals surface area (Å²) in [5, 5.41) is 9.34. The Labute approximate surface area is 274 Å². The number of nitriles is 1. The molecule has 2 unspecified atom stereocenters. The maximum atomic E-state index is 9.34. The summed E-state index contributed by atoms with van der Waals surface area (Å²) < 4.78 is 0. The molecule has 1 aromatic carbocycles. The molecule has 246 valence electrons. The molecule has 0 bridgehead atoms. The number of benzene rings is 1. The van der Waals surface area contributed by atoms with Crippen molar-refractivity contribution in [2.75, 3.05) is 6.54 Å². The van der Waals surface area contributed by atoms with Gasteiger partial charge in [0.1, 0.15) is 0 Å². The van der Waals surface area contributed by atoms with Crippen molar-refractivity contribution in [1.82, 2.24) is 0 Å². The monoisotopic (exact) mass is 601 g/mol. The molecule has 0 spiro atoms. The van der Waals surface area contributed by atoms with Gasteiger partial charge in [-0.3, -0.25) is 0 Å². The molecule has 1 aliphatic rings. The zero-order chi connectivity index (χ0) is 33.8. The first-order valence-corrected chi connectivity index (χ1v) is 17.4. The fraction of sp³-hybridized carbons (Fsp3) is 0.548. The largest absolute Gasteiger partial charge is 0.330 e. The molecule has 0 aromatic heterocycles. The van der Waals surface area contributed by atoms with Gasteiger partial charge in [0.05, 0.1) is 11.6 Å². The Morgan fingerprint density at radius 2 is 1.70 bits per heavy atom. The number of allylic oxidation sites excluding steroid dienone is 9. The summed E-state index contributed by atoms with van der Waals surface area (Å²) in [5.41, 5.74) is 13.3.